The van der Waals surface area contributed by atoms with Gasteiger partial charge in [0.25, 0.3) is 0 Å². The Hall–Kier alpha value is -1.17. The van der Waals surface area contributed by atoms with Crippen molar-refractivity contribution in [2.24, 2.45) is 0 Å². The van der Waals surface area contributed by atoms with Crippen molar-refractivity contribution in [1.82, 2.24) is 5.32 Å². The standard InChI is InChI=1S/C27H45ClNO5P/c1-2-3-4-5-6-7-8-9-10-11-12-13-14-15-16-17-27(30)29-26(23-34-35(31,32)33)22-24-18-20-25(28)21-19-24/h9-10,18-21,26H,2-8,11-17,22-23H2,1H3,(H,29,30)(H2,31,32,33)/b10-9-/t26-/m0/s1. The Bertz CT molecular complexity index is 750. The second-order valence-electron chi connectivity index (χ2n) is 9.22. The van der Waals surface area contributed by atoms with Crippen LogP contribution in [0.25, 0.3) is 0 Å². The zero-order chi connectivity index (χ0) is 25.8. The van der Waals surface area contributed by atoms with Crippen molar-refractivity contribution in [2.45, 2.75) is 109 Å². The van der Waals surface area contributed by atoms with E-state index in [-0.39, 0.29) is 12.5 Å². The fraction of sp³-hybridized carbons (Fsp3) is 0.667. The van der Waals surface area contributed by atoms with E-state index in [0.717, 1.165) is 37.7 Å². The third-order valence-electron chi connectivity index (χ3n) is 5.87. The third kappa shape index (κ3) is 19.7. The van der Waals surface area contributed by atoms with Gasteiger partial charge in [-0.1, -0.05) is 94.2 Å². The van der Waals surface area contributed by atoms with Crippen molar-refractivity contribution < 1.29 is 23.7 Å². The third-order valence-corrected chi connectivity index (χ3v) is 6.61. The van der Waals surface area contributed by atoms with Gasteiger partial charge in [0.1, 0.15) is 0 Å². The predicted octanol–water partition coefficient (Wildman–Crippen LogP) is 7.51. The number of nitrogens with one attached hydrogen (secondary N) is 1. The van der Waals surface area contributed by atoms with E-state index in [9.17, 15) is 9.36 Å². The summed E-state index contributed by atoms with van der Waals surface area (Å²) in [6, 6.07) is 6.60. The Morgan fingerprint density at radius 3 is 2.06 bits per heavy atom. The van der Waals surface area contributed by atoms with Crippen molar-refractivity contribution >= 4 is 25.3 Å². The summed E-state index contributed by atoms with van der Waals surface area (Å²) in [5.74, 6) is -0.129. The Labute approximate surface area is 217 Å². The zero-order valence-corrected chi connectivity index (χ0v) is 22.9. The number of amides is 1. The van der Waals surface area contributed by atoms with Crippen LogP contribution in [-0.4, -0.2) is 28.3 Å². The number of rotatable bonds is 21. The number of benzene rings is 1. The minimum absolute atomic E-state index is 0.129. The maximum absolute atomic E-state index is 12.4. The number of carbonyl (C=O) groups is 1. The Morgan fingerprint density at radius 1 is 0.943 bits per heavy atom. The van der Waals surface area contributed by atoms with E-state index in [0.29, 0.717) is 17.9 Å². The van der Waals surface area contributed by atoms with E-state index in [1.807, 2.05) is 12.1 Å². The summed E-state index contributed by atoms with van der Waals surface area (Å²) in [5.41, 5.74) is 0.898. The normalized spacial score (nSPS) is 12.8. The average molecular weight is 530 g/mol. The summed E-state index contributed by atoms with van der Waals surface area (Å²) in [4.78, 5) is 30.4. The van der Waals surface area contributed by atoms with Crippen LogP contribution in [0.3, 0.4) is 0 Å². The van der Waals surface area contributed by atoms with Crippen molar-refractivity contribution in [2.75, 3.05) is 6.61 Å². The molecule has 0 fully saturated rings. The molecule has 0 saturated carbocycles. The minimum Gasteiger partial charge on any atom is -0.351 e. The van der Waals surface area contributed by atoms with Crippen LogP contribution >= 0.6 is 19.4 Å². The molecule has 1 aromatic rings. The van der Waals surface area contributed by atoms with E-state index in [1.165, 1.54) is 51.4 Å². The van der Waals surface area contributed by atoms with Gasteiger partial charge in [0.2, 0.25) is 5.91 Å². The van der Waals surface area contributed by atoms with Crippen LogP contribution in [0.2, 0.25) is 5.02 Å². The molecule has 1 atom stereocenters. The fourth-order valence-corrected chi connectivity index (χ4v) is 4.40. The predicted molar refractivity (Wildman–Crippen MR) is 145 cm³/mol. The maximum Gasteiger partial charge on any atom is 0.469 e. The molecule has 0 aliphatic rings. The number of halogens is 1. The molecule has 0 radical (unpaired) electrons. The van der Waals surface area contributed by atoms with Crippen LogP contribution in [0.15, 0.2) is 36.4 Å². The first kappa shape index (κ1) is 31.9. The number of carbonyl (C=O) groups excluding carboxylic acids is 1. The van der Waals surface area contributed by atoms with Crippen molar-refractivity contribution in [1.29, 1.82) is 0 Å². The summed E-state index contributed by atoms with van der Waals surface area (Å²) >= 11 is 5.91. The first-order chi connectivity index (χ1) is 16.8. The van der Waals surface area contributed by atoms with E-state index < -0.39 is 13.9 Å². The number of phosphoric acid groups is 1. The van der Waals surface area contributed by atoms with Crippen LogP contribution in [0.1, 0.15) is 102 Å². The van der Waals surface area contributed by atoms with Crippen LogP contribution < -0.4 is 5.32 Å². The van der Waals surface area contributed by atoms with Crippen molar-refractivity contribution in [3.05, 3.63) is 47.0 Å². The van der Waals surface area contributed by atoms with E-state index >= 15 is 0 Å². The number of hydrogen-bond acceptors (Lipinski definition) is 3. The molecule has 6 nitrogen and oxygen atoms in total. The summed E-state index contributed by atoms with van der Waals surface area (Å²) in [6.07, 6.45) is 21.0. The van der Waals surface area contributed by atoms with E-state index in [1.54, 1.807) is 12.1 Å². The molecule has 1 aromatic carbocycles. The average Bonchev–Trinajstić information content (AvgIpc) is 2.81. The first-order valence-corrected chi connectivity index (χ1v) is 15.1. The monoisotopic (exact) mass is 529 g/mol. The molecule has 200 valence electrons. The molecule has 35 heavy (non-hydrogen) atoms. The van der Waals surface area contributed by atoms with E-state index in [4.69, 9.17) is 21.4 Å². The molecule has 0 unspecified atom stereocenters. The highest BCUT2D eigenvalue weighted by Crippen LogP contribution is 2.35. The molecule has 0 aromatic heterocycles. The van der Waals surface area contributed by atoms with Crippen molar-refractivity contribution in [3.63, 3.8) is 0 Å². The lowest BCUT2D eigenvalue weighted by atomic mass is 10.1. The molecule has 0 aliphatic heterocycles. The smallest absolute Gasteiger partial charge is 0.351 e. The molecule has 0 bridgehead atoms. The molecule has 3 N–H and O–H groups in total. The molecule has 1 rings (SSSR count). The molecule has 0 heterocycles. The van der Waals surface area contributed by atoms with Gasteiger partial charge in [-0.05, 0) is 56.2 Å². The lowest BCUT2D eigenvalue weighted by molar-refractivity contribution is -0.122. The zero-order valence-electron chi connectivity index (χ0n) is 21.3. The molecular weight excluding hydrogens is 485 g/mol. The summed E-state index contributed by atoms with van der Waals surface area (Å²) in [7, 11) is -4.61. The fourth-order valence-electron chi connectivity index (χ4n) is 3.90. The van der Waals surface area contributed by atoms with E-state index in [2.05, 4.69) is 28.9 Å². The van der Waals surface area contributed by atoms with Crippen LogP contribution in [0.5, 0.6) is 0 Å². The second-order valence-corrected chi connectivity index (χ2v) is 10.9. The molecule has 0 aliphatic carbocycles. The summed E-state index contributed by atoms with van der Waals surface area (Å²) in [5, 5.41) is 3.45. The first-order valence-electron chi connectivity index (χ1n) is 13.2. The van der Waals surface area contributed by atoms with Gasteiger partial charge in [-0.25, -0.2) is 4.57 Å². The number of hydrogen-bond donors (Lipinski definition) is 3. The van der Waals surface area contributed by atoms with Crippen LogP contribution in [-0.2, 0) is 20.3 Å². The van der Waals surface area contributed by atoms with Gasteiger partial charge < -0.3 is 15.1 Å². The lowest BCUT2D eigenvalue weighted by Crippen LogP contribution is -2.39. The highest BCUT2D eigenvalue weighted by Gasteiger charge is 2.20. The number of phosphoric ester groups is 1. The molecule has 0 saturated heterocycles. The second kappa shape index (κ2) is 20.0. The Kier molecular flexibility index (Phi) is 18.2. The van der Waals surface area contributed by atoms with Gasteiger partial charge in [0.15, 0.2) is 0 Å². The topological polar surface area (TPSA) is 95.9 Å². The highest BCUT2D eigenvalue weighted by atomic mass is 35.5. The van der Waals surface area contributed by atoms with Gasteiger partial charge in [-0.2, -0.15) is 0 Å². The van der Waals surface area contributed by atoms with Gasteiger partial charge in [-0.15, -0.1) is 0 Å². The molecule has 0 spiro atoms. The van der Waals surface area contributed by atoms with Crippen molar-refractivity contribution in [3.8, 4) is 0 Å². The van der Waals surface area contributed by atoms with Gasteiger partial charge >= 0.3 is 7.82 Å². The summed E-state index contributed by atoms with van der Waals surface area (Å²) in [6.45, 7) is 1.99. The maximum atomic E-state index is 12.4. The lowest BCUT2D eigenvalue weighted by Gasteiger charge is -2.19. The summed E-state index contributed by atoms with van der Waals surface area (Å²) < 4.78 is 15.7. The Balaban J connectivity index is 2.15. The Morgan fingerprint density at radius 2 is 1.49 bits per heavy atom. The van der Waals surface area contributed by atoms with Crippen LogP contribution in [0.4, 0.5) is 0 Å². The number of allylic oxidation sites excluding steroid dienone is 2. The van der Waals surface area contributed by atoms with Gasteiger partial charge in [0.05, 0.1) is 12.6 Å². The van der Waals surface area contributed by atoms with Gasteiger partial charge in [0, 0.05) is 11.4 Å². The number of unbranched alkanes of at least 4 members (excludes halogenated alkanes) is 11. The SMILES string of the molecule is CCCCCCCC/C=C\CCCCCCCC(=O)N[C@H](COP(=O)(O)O)Cc1ccc(Cl)cc1. The minimum atomic E-state index is -4.61. The quantitative estimate of drug-likeness (QED) is 0.0869. The molecule has 8 heteroatoms. The molecular formula is C27H45ClNO5P. The largest absolute Gasteiger partial charge is 0.469 e. The van der Waals surface area contributed by atoms with Crippen LogP contribution in [0, 0.1) is 0 Å². The molecule has 1 amide bonds. The van der Waals surface area contributed by atoms with Gasteiger partial charge in [-0.3, -0.25) is 9.32 Å². The highest BCUT2D eigenvalue weighted by molar-refractivity contribution is 7.46.